The fraction of sp³-hybridized carbons (Fsp3) is 0.500. The van der Waals surface area contributed by atoms with Gasteiger partial charge in [0.2, 0.25) is 5.95 Å². The number of H-pyrrole nitrogens is 1. The maximum Gasteiger partial charge on any atom is 0.280 e. The van der Waals surface area contributed by atoms with Gasteiger partial charge in [0.15, 0.2) is 11.2 Å². The Labute approximate surface area is 106 Å². The molecule has 3 heterocycles. The zero-order valence-corrected chi connectivity index (χ0v) is 9.85. The molecule has 1 aliphatic rings. The van der Waals surface area contributed by atoms with Crippen LogP contribution in [0, 0.1) is 0 Å². The molecular formula is C10H13N5O4. The minimum absolute atomic E-state index is 0.0171. The van der Waals surface area contributed by atoms with Gasteiger partial charge < -0.3 is 20.7 Å². The number of anilines is 1. The van der Waals surface area contributed by atoms with Gasteiger partial charge in [-0.3, -0.25) is 14.3 Å². The third kappa shape index (κ3) is 1.87. The first kappa shape index (κ1) is 12.1. The quantitative estimate of drug-likeness (QED) is 0.479. The molecule has 0 spiro atoms. The van der Waals surface area contributed by atoms with E-state index in [0.29, 0.717) is 0 Å². The Hall–Kier alpha value is -1.97. The van der Waals surface area contributed by atoms with Gasteiger partial charge in [-0.1, -0.05) is 0 Å². The number of aromatic amines is 1. The molecule has 3 atom stereocenters. The number of nitrogen functional groups attached to an aromatic ring is 1. The van der Waals surface area contributed by atoms with E-state index in [0.717, 1.165) is 0 Å². The fourth-order valence-electron chi connectivity index (χ4n) is 2.20. The molecule has 0 radical (unpaired) electrons. The van der Waals surface area contributed by atoms with Crippen LogP contribution in [0.15, 0.2) is 11.1 Å². The number of aliphatic hydroxyl groups is 2. The molecule has 0 unspecified atom stereocenters. The third-order valence-corrected chi connectivity index (χ3v) is 3.15. The standard InChI is InChI=1S/C10H13N5O4/c11-10-13-8-7(9(18)14-10)12-3-15(8)6-1-4(17)5(2-16)19-6/h3-6,16-17H,1-2H2,(H3,11,13,14,18)/t4-,5+,6+/m0/s1/i3+1,11+1,12+1,14+1. The van der Waals surface area contributed by atoms with Gasteiger partial charge in [-0.25, -0.2) is 4.98 Å². The first-order chi connectivity index (χ1) is 9.10. The number of ether oxygens (including phenoxy) is 1. The lowest BCUT2D eigenvalue weighted by Crippen LogP contribution is -2.24. The Balaban J connectivity index is 2.05. The lowest BCUT2D eigenvalue weighted by molar-refractivity contribution is -0.0432. The maximum atomic E-state index is 11.6. The molecule has 19 heavy (non-hydrogen) atoms. The third-order valence-electron chi connectivity index (χ3n) is 3.15. The Morgan fingerprint density at radius 3 is 3.11 bits per heavy atom. The van der Waals surface area contributed by atoms with Gasteiger partial charge >= 0.3 is 0 Å². The number of aromatic nitrogens is 4. The van der Waals surface area contributed by atoms with E-state index in [4.69, 9.17) is 15.6 Å². The van der Waals surface area contributed by atoms with E-state index in [9.17, 15) is 9.90 Å². The summed E-state index contributed by atoms with van der Waals surface area (Å²) >= 11 is 0. The van der Waals surface area contributed by atoms with Gasteiger partial charge in [-0.15, -0.1) is 0 Å². The van der Waals surface area contributed by atoms with Crippen molar-refractivity contribution in [2.24, 2.45) is 0 Å². The van der Waals surface area contributed by atoms with Crippen molar-refractivity contribution in [1.82, 2.24) is 19.5 Å². The van der Waals surface area contributed by atoms with Crippen LogP contribution >= 0.6 is 0 Å². The van der Waals surface area contributed by atoms with Crippen LogP contribution in [0.3, 0.4) is 0 Å². The summed E-state index contributed by atoms with van der Waals surface area (Å²) in [4.78, 5) is 22.0. The number of nitrogens with two attached hydrogens (primary N) is 1. The van der Waals surface area contributed by atoms with Gasteiger partial charge in [-0.2, -0.15) is 4.98 Å². The van der Waals surface area contributed by atoms with Gasteiger partial charge in [-0.05, 0) is 0 Å². The maximum absolute atomic E-state index is 11.6. The first-order valence-corrected chi connectivity index (χ1v) is 5.77. The van der Waals surface area contributed by atoms with Gasteiger partial charge in [0.25, 0.3) is 5.56 Å². The summed E-state index contributed by atoms with van der Waals surface area (Å²) in [7, 11) is 0. The normalized spacial score (nSPS) is 27.2. The van der Waals surface area contributed by atoms with Crippen LogP contribution in [0.1, 0.15) is 12.6 Å². The van der Waals surface area contributed by atoms with E-state index < -0.39 is 24.0 Å². The summed E-state index contributed by atoms with van der Waals surface area (Å²) in [5.74, 6) is -0.0171. The average molecular weight is 271 g/mol. The van der Waals surface area contributed by atoms with Crippen molar-refractivity contribution in [3.05, 3.63) is 16.7 Å². The largest absolute Gasteiger partial charge is 0.394 e. The second kappa shape index (κ2) is 4.30. The van der Waals surface area contributed by atoms with E-state index >= 15 is 0 Å². The van der Waals surface area contributed by atoms with Crippen molar-refractivity contribution >= 4 is 17.1 Å². The number of nitrogens with zero attached hydrogens (tertiary/aromatic N) is 3. The molecule has 1 aliphatic heterocycles. The number of imidazole rings is 1. The highest BCUT2D eigenvalue weighted by molar-refractivity contribution is 5.70. The lowest BCUT2D eigenvalue weighted by atomic mass is 10.2. The number of rotatable bonds is 2. The second-order valence-electron chi connectivity index (χ2n) is 4.39. The van der Waals surface area contributed by atoms with Crippen LogP contribution < -0.4 is 11.3 Å². The summed E-state index contributed by atoms with van der Waals surface area (Å²) in [5.41, 5.74) is 5.50. The van der Waals surface area contributed by atoms with Crippen LogP contribution in [0.4, 0.5) is 5.95 Å². The van der Waals surface area contributed by atoms with E-state index in [1.54, 1.807) is 0 Å². The van der Waals surface area contributed by atoms with Crippen molar-refractivity contribution in [2.75, 3.05) is 12.3 Å². The van der Waals surface area contributed by atoms with Crippen LogP contribution in [-0.2, 0) is 4.74 Å². The smallest absolute Gasteiger partial charge is 0.280 e. The van der Waals surface area contributed by atoms with Crippen LogP contribution in [0.2, 0.25) is 0 Å². The Morgan fingerprint density at radius 2 is 2.42 bits per heavy atom. The molecule has 1 fully saturated rings. The highest BCUT2D eigenvalue weighted by Crippen LogP contribution is 2.30. The molecule has 0 aliphatic carbocycles. The second-order valence-corrected chi connectivity index (χ2v) is 4.39. The summed E-state index contributed by atoms with van der Waals surface area (Å²) in [6.07, 6.45) is -0.270. The SMILES string of the molecule is [15NH2]c1nc2c([15n][13cH]n2[C@H]2C[C@H](O)[C@@H](CO)O2)c(=O)[15nH]1. The fourth-order valence-corrected chi connectivity index (χ4v) is 2.20. The number of fused-ring (bicyclic) bond motifs is 1. The van der Waals surface area contributed by atoms with E-state index in [-0.39, 0.29) is 30.1 Å². The minimum atomic E-state index is -0.771. The molecule has 1 saturated heterocycles. The van der Waals surface area contributed by atoms with E-state index in [1.165, 1.54) is 10.9 Å². The molecule has 9 heteroatoms. The molecule has 3 rings (SSSR count). The molecule has 5 N–H and O–H groups in total. The van der Waals surface area contributed by atoms with Crippen molar-refractivity contribution in [1.29, 1.82) is 0 Å². The number of aliphatic hydroxyl groups excluding tert-OH is 2. The van der Waals surface area contributed by atoms with Crippen molar-refractivity contribution < 1.29 is 14.9 Å². The highest BCUT2D eigenvalue weighted by atomic mass is 16.5. The van der Waals surface area contributed by atoms with Gasteiger partial charge in [0.1, 0.15) is 12.3 Å². The summed E-state index contributed by atoms with van der Waals surface area (Å²) in [5, 5.41) is 18.8. The molecule has 0 amide bonds. The van der Waals surface area contributed by atoms with Crippen LogP contribution in [0.25, 0.3) is 11.2 Å². The molecule has 0 aromatic carbocycles. The Morgan fingerprint density at radius 1 is 1.63 bits per heavy atom. The number of nitrogens with one attached hydrogen (secondary N) is 1. The Kier molecular flexibility index (Phi) is 2.73. The zero-order valence-electron chi connectivity index (χ0n) is 9.85. The molecule has 0 saturated carbocycles. The molecular weight excluding hydrogens is 258 g/mol. The Bertz CT molecular complexity index is 665. The average Bonchev–Trinajstić information content (AvgIpc) is 2.92. The summed E-state index contributed by atoms with van der Waals surface area (Å²) in [6.45, 7) is -0.277. The van der Waals surface area contributed by atoms with Crippen LogP contribution in [0.5, 0.6) is 0 Å². The minimum Gasteiger partial charge on any atom is -0.394 e. The lowest BCUT2D eigenvalue weighted by Gasteiger charge is -2.13. The van der Waals surface area contributed by atoms with Gasteiger partial charge in [0, 0.05) is 6.42 Å². The molecule has 2 aromatic heterocycles. The molecule has 2 aromatic rings. The van der Waals surface area contributed by atoms with Crippen molar-refractivity contribution in [3.8, 4) is 0 Å². The predicted octanol–water partition coefficient (Wildman–Crippen LogP) is -1.66. The van der Waals surface area contributed by atoms with E-state index in [1.807, 2.05) is 0 Å². The van der Waals surface area contributed by atoms with Crippen molar-refractivity contribution in [2.45, 2.75) is 24.9 Å². The first-order valence-electron chi connectivity index (χ1n) is 5.77. The molecule has 0 bridgehead atoms. The van der Waals surface area contributed by atoms with Crippen molar-refractivity contribution in [3.63, 3.8) is 0 Å². The summed E-state index contributed by atoms with van der Waals surface area (Å²) in [6, 6.07) is 0. The zero-order chi connectivity index (χ0) is 13.6. The summed E-state index contributed by atoms with van der Waals surface area (Å²) < 4.78 is 7.01. The molecule has 9 nitrogen and oxygen atoms in total. The van der Waals surface area contributed by atoms with Gasteiger partial charge in [0.05, 0.1) is 19.0 Å². The highest BCUT2D eigenvalue weighted by Gasteiger charge is 2.35. The monoisotopic (exact) mass is 271 g/mol. The molecule has 102 valence electrons. The number of hydrogen-bond acceptors (Lipinski definition) is 7. The topological polar surface area (TPSA) is 139 Å². The predicted molar refractivity (Wildman–Crippen MR) is 64.2 cm³/mol. The van der Waals surface area contributed by atoms with Crippen LogP contribution in [-0.4, -0.2) is 48.5 Å². The number of hydrogen-bond donors (Lipinski definition) is 4. The van der Waals surface area contributed by atoms with E-state index in [2.05, 4.69) is 15.0 Å².